The lowest BCUT2D eigenvalue weighted by Gasteiger charge is -2.33. The molecule has 0 radical (unpaired) electrons. The number of piperazine rings is 1. The number of sulfonamides is 1. The van der Waals surface area contributed by atoms with Crippen LogP contribution in [0.15, 0.2) is 29.2 Å². The SMILES string of the molecule is COc1ccc(S(=O)(=O)N2CCN(CC(=O)Nc3nnc(C)s3)CC2)cc1. The number of nitrogens with zero attached hydrogens (tertiary/aromatic N) is 4. The van der Waals surface area contributed by atoms with E-state index in [9.17, 15) is 13.2 Å². The maximum atomic E-state index is 12.7. The predicted molar refractivity (Wildman–Crippen MR) is 101 cm³/mol. The summed E-state index contributed by atoms with van der Waals surface area (Å²) in [6.07, 6.45) is 0. The van der Waals surface area contributed by atoms with Crippen LogP contribution in [0.3, 0.4) is 0 Å². The number of hydrogen-bond donors (Lipinski definition) is 1. The molecule has 9 nitrogen and oxygen atoms in total. The number of anilines is 1. The molecule has 0 saturated carbocycles. The Bertz CT molecular complexity index is 890. The molecule has 0 spiro atoms. The summed E-state index contributed by atoms with van der Waals surface area (Å²) in [7, 11) is -2.02. The van der Waals surface area contributed by atoms with Crippen molar-refractivity contribution in [3.05, 3.63) is 29.3 Å². The summed E-state index contributed by atoms with van der Waals surface area (Å²) in [5.74, 6) is 0.424. The molecular weight excluding hydrogens is 390 g/mol. The lowest BCUT2D eigenvalue weighted by molar-refractivity contribution is -0.117. The van der Waals surface area contributed by atoms with Crippen molar-refractivity contribution in [3.63, 3.8) is 0 Å². The third kappa shape index (κ3) is 4.80. The van der Waals surface area contributed by atoms with Gasteiger partial charge >= 0.3 is 0 Å². The molecule has 1 aromatic heterocycles. The van der Waals surface area contributed by atoms with Gasteiger partial charge in [0.15, 0.2) is 0 Å². The van der Waals surface area contributed by atoms with E-state index in [1.807, 2.05) is 11.8 Å². The lowest BCUT2D eigenvalue weighted by atomic mass is 10.3. The van der Waals surface area contributed by atoms with E-state index in [1.165, 1.54) is 34.9 Å². The highest BCUT2D eigenvalue weighted by molar-refractivity contribution is 7.89. The van der Waals surface area contributed by atoms with Crippen molar-refractivity contribution in [1.82, 2.24) is 19.4 Å². The second kappa shape index (κ2) is 8.30. The predicted octanol–water partition coefficient (Wildman–Crippen LogP) is 0.800. The van der Waals surface area contributed by atoms with Gasteiger partial charge in [-0.15, -0.1) is 10.2 Å². The van der Waals surface area contributed by atoms with E-state index >= 15 is 0 Å². The summed E-state index contributed by atoms with van der Waals surface area (Å²) in [6, 6.07) is 6.33. The highest BCUT2D eigenvalue weighted by Gasteiger charge is 2.29. The smallest absolute Gasteiger partial charge is 0.243 e. The number of carbonyl (C=O) groups is 1. The van der Waals surface area contributed by atoms with Crippen molar-refractivity contribution in [3.8, 4) is 5.75 Å². The second-order valence-corrected chi connectivity index (χ2v) is 9.15. The number of aromatic nitrogens is 2. The molecule has 3 rings (SSSR count). The number of aryl methyl sites for hydroxylation is 1. The van der Waals surface area contributed by atoms with Crippen LogP contribution in [0.5, 0.6) is 5.75 Å². The quantitative estimate of drug-likeness (QED) is 0.750. The van der Waals surface area contributed by atoms with Gasteiger partial charge in [0.25, 0.3) is 0 Å². The minimum absolute atomic E-state index is 0.183. The van der Waals surface area contributed by atoms with Crippen molar-refractivity contribution < 1.29 is 17.9 Å². The molecule has 1 saturated heterocycles. The maximum absolute atomic E-state index is 12.7. The Labute approximate surface area is 162 Å². The molecule has 1 fully saturated rings. The van der Waals surface area contributed by atoms with Gasteiger partial charge in [-0.25, -0.2) is 8.42 Å². The van der Waals surface area contributed by atoms with E-state index in [2.05, 4.69) is 15.5 Å². The Hall–Kier alpha value is -2.08. The minimum Gasteiger partial charge on any atom is -0.497 e. The molecule has 1 aliphatic heterocycles. The molecule has 0 atom stereocenters. The van der Waals surface area contributed by atoms with E-state index in [-0.39, 0.29) is 17.3 Å². The molecule has 1 aliphatic rings. The summed E-state index contributed by atoms with van der Waals surface area (Å²) in [4.78, 5) is 14.2. The van der Waals surface area contributed by atoms with E-state index in [0.29, 0.717) is 37.1 Å². The summed E-state index contributed by atoms with van der Waals surface area (Å²) >= 11 is 1.31. The molecule has 0 unspecified atom stereocenters. The number of carbonyl (C=O) groups excluding carboxylic acids is 1. The molecule has 1 N–H and O–H groups in total. The molecule has 2 heterocycles. The number of rotatable bonds is 6. The zero-order chi connectivity index (χ0) is 19.4. The molecule has 1 amide bonds. The van der Waals surface area contributed by atoms with Gasteiger partial charge in [0, 0.05) is 26.2 Å². The fourth-order valence-corrected chi connectivity index (χ4v) is 4.76. The molecule has 0 aliphatic carbocycles. The van der Waals surface area contributed by atoms with Crippen LogP contribution < -0.4 is 10.1 Å². The van der Waals surface area contributed by atoms with Crippen molar-refractivity contribution in [1.29, 1.82) is 0 Å². The molecular formula is C16H21N5O4S2. The van der Waals surface area contributed by atoms with Crippen molar-refractivity contribution >= 4 is 32.4 Å². The normalized spacial score (nSPS) is 16.2. The van der Waals surface area contributed by atoms with Crippen LogP contribution in [-0.2, 0) is 14.8 Å². The Balaban J connectivity index is 1.53. The summed E-state index contributed by atoms with van der Waals surface area (Å²) in [5, 5.41) is 11.7. The lowest BCUT2D eigenvalue weighted by Crippen LogP contribution is -2.50. The monoisotopic (exact) mass is 411 g/mol. The minimum atomic E-state index is -3.55. The first kappa shape index (κ1) is 19.7. The standard InChI is InChI=1S/C16H21N5O4S2/c1-12-18-19-16(26-12)17-15(22)11-20-7-9-21(10-8-20)27(23,24)14-5-3-13(25-2)4-6-14/h3-6H,7-11H2,1-2H3,(H,17,19,22). The Morgan fingerprint density at radius 2 is 1.85 bits per heavy atom. The molecule has 11 heteroatoms. The number of ether oxygens (including phenoxy) is 1. The van der Waals surface area contributed by atoms with E-state index in [0.717, 1.165) is 5.01 Å². The van der Waals surface area contributed by atoms with Crippen LogP contribution in [0.1, 0.15) is 5.01 Å². The van der Waals surface area contributed by atoms with E-state index in [1.54, 1.807) is 12.1 Å². The highest BCUT2D eigenvalue weighted by atomic mass is 32.2. The second-order valence-electron chi connectivity index (χ2n) is 6.03. The largest absolute Gasteiger partial charge is 0.497 e. The van der Waals surface area contributed by atoms with E-state index in [4.69, 9.17) is 4.74 Å². The average Bonchev–Trinajstić information content (AvgIpc) is 3.06. The summed E-state index contributed by atoms with van der Waals surface area (Å²) < 4.78 is 32.0. The van der Waals surface area contributed by atoms with Crippen LogP contribution in [0.25, 0.3) is 0 Å². The van der Waals surface area contributed by atoms with Gasteiger partial charge in [-0.1, -0.05) is 11.3 Å². The van der Waals surface area contributed by atoms with Crippen LogP contribution in [-0.4, -0.2) is 73.6 Å². The molecule has 1 aromatic carbocycles. The molecule has 2 aromatic rings. The Kier molecular flexibility index (Phi) is 6.05. The zero-order valence-corrected chi connectivity index (χ0v) is 16.7. The van der Waals surface area contributed by atoms with Gasteiger partial charge in [0.05, 0.1) is 18.6 Å². The van der Waals surface area contributed by atoms with Gasteiger partial charge < -0.3 is 4.74 Å². The van der Waals surface area contributed by atoms with Gasteiger partial charge in [-0.2, -0.15) is 4.31 Å². The van der Waals surface area contributed by atoms with Crippen LogP contribution in [0.2, 0.25) is 0 Å². The summed E-state index contributed by atoms with van der Waals surface area (Å²) in [5.41, 5.74) is 0. The Morgan fingerprint density at radius 1 is 1.19 bits per heavy atom. The van der Waals surface area contributed by atoms with E-state index < -0.39 is 10.0 Å². The topological polar surface area (TPSA) is 105 Å². The number of methoxy groups -OCH3 is 1. The number of hydrogen-bond acceptors (Lipinski definition) is 8. The van der Waals surface area contributed by atoms with Crippen molar-refractivity contribution in [2.24, 2.45) is 0 Å². The van der Waals surface area contributed by atoms with Gasteiger partial charge in [-0.05, 0) is 31.2 Å². The van der Waals surface area contributed by atoms with Crippen LogP contribution in [0.4, 0.5) is 5.13 Å². The molecule has 0 bridgehead atoms. The number of nitrogens with one attached hydrogen (secondary N) is 1. The van der Waals surface area contributed by atoms with Gasteiger partial charge in [-0.3, -0.25) is 15.0 Å². The van der Waals surface area contributed by atoms with Crippen LogP contribution >= 0.6 is 11.3 Å². The molecule has 146 valence electrons. The number of benzene rings is 1. The summed E-state index contributed by atoms with van der Waals surface area (Å²) in [6.45, 7) is 3.64. The average molecular weight is 412 g/mol. The first-order valence-electron chi connectivity index (χ1n) is 8.35. The van der Waals surface area contributed by atoms with Crippen molar-refractivity contribution in [2.75, 3.05) is 45.2 Å². The highest BCUT2D eigenvalue weighted by Crippen LogP contribution is 2.20. The zero-order valence-electron chi connectivity index (χ0n) is 15.1. The first-order valence-corrected chi connectivity index (χ1v) is 10.6. The van der Waals surface area contributed by atoms with Gasteiger partial charge in [0.2, 0.25) is 21.1 Å². The van der Waals surface area contributed by atoms with Gasteiger partial charge in [0.1, 0.15) is 10.8 Å². The third-order valence-corrected chi connectivity index (χ3v) is 6.84. The fraction of sp³-hybridized carbons (Fsp3) is 0.438. The fourth-order valence-electron chi connectivity index (χ4n) is 2.73. The molecule has 27 heavy (non-hydrogen) atoms. The number of amides is 1. The van der Waals surface area contributed by atoms with Crippen LogP contribution in [0, 0.1) is 6.92 Å². The van der Waals surface area contributed by atoms with Crippen molar-refractivity contribution in [2.45, 2.75) is 11.8 Å². The first-order chi connectivity index (χ1) is 12.9. The maximum Gasteiger partial charge on any atom is 0.243 e. The third-order valence-electron chi connectivity index (χ3n) is 4.17. The Morgan fingerprint density at radius 3 is 2.41 bits per heavy atom.